The Bertz CT molecular complexity index is 680. The first kappa shape index (κ1) is 14.2. The molecule has 0 radical (unpaired) electrons. The Morgan fingerprint density at radius 3 is 2.95 bits per heavy atom. The standard InChI is InChI=1S/C17H21N3OS/c1-12(2)15-18-19-16(22-15)20-9-10-21-17(11-20)8-7-13-5-3-4-6-14(13)17/h3-6,12H,7-11H2,1-2H3. The van der Waals surface area contributed by atoms with E-state index in [0.29, 0.717) is 5.92 Å². The van der Waals surface area contributed by atoms with E-state index in [1.807, 2.05) is 0 Å². The number of benzene rings is 1. The molecule has 1 aliphatic carbocycles. The number of aromatic nitrogens is 2. The molecule has 0 bridgehead atoms. The second-order valence-electron chi connectivity index (χ2n) is 6.50. The zero-order valence-electron chi connectivity index (χ0n) is 13.1. The van der Waals surface area contributed by atoms with Gasteiger partial charge in [0.2, 0.25) is 5.13 Å². The monoisotopic (exact) mass is 315 g/mol. The number of ether oxygens (including phenoxy) is 1. The second kappa shape index (κ2) is 5.32. The third-order valence-corrected chi connectivity index (χ3v) is 5.97. The fourth-order valence-electron chi connectivity index (χ4n) is 3.50. The van der Waals surface area contributed by atoms with E-state index in [-0.39, 0.29) is 5.60 Å². The quantitative estimate of drug-likeness (QED) is 0.852. The van der Waals surface area contributed by atoms with Crippen molar-refractivity contribution in [3.05, 3.63) is 40.4 Å². The van der Waals surface area contributed by atoms with Crippen LogP contribution in [0, 0.1) is 0 Å². The number of hydrogen-bond acceptors (Lipinski definition) is 5. The first-order valence-electron chi connectivity index (χ1n) is 7.99. The summed E-state index contributed by atoms with van der Waals surface area (Å²) in [6.07, 6.45) is 2.18. The molecular weight excluding hydrogens is 294 g/mol. The molecule has 2 heterocycles. The summed E-state index contributed by atoms with van der Waals surface area (Å²) in [5.41, 5.74) is 2.65. The first-order valence-corrected chi connectivity index (χ1v) is 8.80. The Hall–Kier alpha value is -1.46. The molecule has 1 aliphatic heterocycles. The lowest BCUT2D eigenvalue weighted by atomic mass is 9.94. The maximum atomic E-state index is 6.27. The van der Waals surface area contributed by atoms with E-state index in [2.05, 4.69) is 53.2 Å². The Kier molecular flexibility index (Phi) is 3.42. The number of fused-ring (bicyclic) bond motifs is 2. The van der Waals surface area contributed by atoms with Crippen LogP contribution in [-0.4, -0.2) is 29.9 Å². The highest BCUT2D eigenvalue weighted by Crippen LogP contribution is 2.43. The fraction of sp³-hybridized carbons (Fsp3) is 0.529. The fourth-order valence-corrected chi connectivity index (χ4v) is 4.37. The Morgan fingerprint density at radius 1 is 1.27 bits per heavy atom. The molecule has 1 aromatic carbocycles. The second-order valence-corrected chi connectivity index (χ2v) is 7.49. The zero-order valence-corrected chi connectivity index (χ0v) is 13.9. The summed E-state index contributed by atoms with van der Waals surface area (Å²) in [6, 6.07) is 8.70. The largest absolute Gasteiger partial charge is 0.367 e. The number of anilines is 1. The highest BCUT2D eigenvalue weighted by atomic mass is 32.1. The molecule has 0 amide bonds. The van der Waals surface area contributed by atoms with Crippen molar-refractivity contribution in [2.75, 3.05) is 24.6 Å². The lowest BCUT2D eigenvalue weighted by Crippen LogP contribution is -2.49. The lowest BCUT2D eigenvalue weighted by Gasteiger charge is -2.41. The van der Waals surface area contributed by atoms with E-state index in [9.17, 15) is 0 Å². The van der Waals surface area contributed by atoms with Crippen LogP contribution in [0.15, 0.2) is 24.3 Å². The summed E-state index contributed by atoms with van der Waals surface area (Å²) in [5, 5.41) is 10.9. The third-order valence-electron chi connectivity index (χ3n) is 4.69. The van der Waals surface area contributed by atoms with Crippen LogP contribution in [0.3, 0.4) is 0 Å². The molecule has 5 heteroatoms. The Labute approximate surface area is 135 Å². The minimum Gasteiger partial charge on any atom is -0.367 e. The number of hydrogen-bond donors (Lipinski definition) is 0. The van der Waals surface area contributed by atoms with Crippen molar-refractivity contribution in [3.63, 3.8) is 0 Å². The van der Waals surface area contributed by atoms with E-state index in [4.69, 9.17) is 4.74 Å². The van der Waals surface area contributed by atoms with Crippen molar-refractivity contribution in [1.29, 1.82) is 0 Å². The summed E-state index contributed by atoms with van der Waals surface area (Å²) >= 11 is 1.72. The summed E-state index contributed by atoms with van der Waals surface area (Å²) in [4.78, 5) is 2.36. The molecule has 1 spiro atoms. The van der Waals surface area contributed by atoms with Crippen LogP contribution in [-0.2, 0) is 16.8 Å². The normalized spacial score (nSPS) is 24.2. The third kappa shape index (κ3) is 2.23. The van der Waals surface area contributed by atoms with Crippen LogP contribution in [0.1, 0.15) is 42.3 Å². The van der Waals surface area contributed by atoms with Gasteiger partial charge in [-0.25, -0.2) is 0 Å². The van der Waals surface area contributed by atoms with Gasteiger partial charge >= 0.3 is 0 Å². The van der Waals surface area contributed by atoms with Gasteiger partial charge in [0, 0.05) is 12.5 Å². The van der Waals surface area contributed by atoms with Crippen molar-refractivity contribution in [3.8, 4) is 0 Å². The molecule has 2 aliphatic rings. The topological polar surface area (TPSA) is 38.2 Å². The molecule has 2 aromatic rings. The molecule has 1 atom stereocenters. The highest BCUT2D eigenvalue weighted by Gasteiger charge is 2.43. The molecule has 4 nitrogen and oxygen atoms in total. The molecule has 0 N–H and O–H groups in total. The number of nitrogens with zero attached hydrogens (tertiary/aromatic N) is 3. The van der Waals surface area contributed by atoms with Crippen LogP contribution in [0.2, 0.25) is 0 Å². The summed E-state index contributed by atoms with van der Waals surface area (Å²) in [6.45, 7) is 6.87. The van der Waals surface area contributed by atoms with Gasteiger partial charge in [-0.15, -0.1) is 10.2 Å². The SMILES string of the molecule is CC(C)c1nnc(N2CCOC3(CCc4ccccc43)C2)s1. The van der Waals surface area contributed by atoms with Crippen LogP contribution in [0.5, 0.6) is 0 Å². The maximum Gasteiger partial charge on any atom is 0.208 e. The molecule has 1 fully saturated rings. The van der Waals surface area contributed by atoms with E-state index >= 15 is 0 Å². The van der Waals surface area contributed by atoms with Crippen molar-refractivity contribution < 1.29 is 4.74 Å². The molecule has 0 saturated carbocycles. The van der Waals surface area contributed by atoms with E-state index < -0.39 is 0 Å². The Balaban J connectivity index is 1.62. The van der Waals surface area contributed by atoms with E-state index in [1.54, 1.807) is 11.3 Å². The van der Waals surface area contributed by atoms with E-state index in [0.717, 1.165) is 42.7 Å². The minimum absolute atomic E-state index is 0.154. The van der Waals surface area contributed by atoms with Crippen LogP contribution < -0.4 is 4.90 Å². The lowest BCUT2D eigenvalue weighted by molar-refractivity contribution is -0.0592. The summed E-state index contributed by atoms with van der Waals surface area (Å²) in [5.74, 6) is 0.438. The molecule has 22 heavy (non-hydrogen) atoms. The highest BCUT2D eigenvalue weighted by molar-refractivity contribution is 7.15. The van der Waals surface area contributed by atoms with Gasteiger partial charge in [0.15, 0.2) is 0 Å². The molecule has 1 unspecified atom stereocenters. The molecule has 1 aromatic heterocycles. The molecule has 4 rings (SSSR count). The van der Waals surface area contributed by atoms with Gasteiger partial charge in [-0.2, -0.15) is 0 Å². The van der Waals surface area contributed by atoms with Gasteiger partial charge in [-0.05, 0) is 24.0 Å². The Morgan fingerprint density at radius 2 is 2.14 bits per heavy atom. The first-order chi connectivity index (χ1) is 10.7. The zero-order chi connectivity index (χ0) is 15.2. The van der Waals surface area contributed by atoms with Crippen molar-refractivity contribution in [2.45, 2.75) is 38.2 Å². The van der Waals surface area contributed by atoms with E-state index in [1.165, 1.54) is 11.1 Å². The molecule has 1 saturated heterocycles. The van der Waals surface area contributed by atoms with Gasteiger partial charge in [0.1, 0.15) is 10.6 Å². The smallest absolute Gasteiger partial charge is 0.208 e. The van der Waals surface area contributed by atoms with Gasteiger partial charge in [0.05, 0.1) is 13.2 Å². The average Bonchev–Trinajstić information content (AvgIpc) is 3.15. The summed E-state index contributed by atoms with van der Waals surface area (Å²) < 4.78 is 6.27. The van der Waals surface area contributed by atoms with Crippen molar-refractivity contribution in [1.82, 2.24) is 10.2 Å². The number of rotatable bonds is 2. The molecular formula is C17H21N3OS. The van der Waals surface area contributed by atoms with Crippen LogP contribution in [0.4, 0.5) is 5.13 Å². The van der Waals surface area contributed by atoms with Gasteiger partial charge in [0.25, 0.3) is 0 Å². The van der Waals surface area contributed by atoms with Gasteiger partial charge in [-0.3, -0.25) is 0 Å². The number of morpholine rings is 1. The predicted molar refractivity (Wildman–Crippen MR) is 88.6 cm³/mol. The van der Waals surface area contributed by atoms with Gasteiger partial charge in [-0.1, -0.05) is 49.4 Å². The summed E-state index contributed by atoms with van der Waals surface area (Å²) in [7, 11) is 0. The van der Waals surface area contributed by atoms with Crippen LogP contribution in [0.25, 0.3) is 0 Å². The van der Waals surface area contributed by atoms with Crippen LogP contribution >= 0.6 is 11.3 Å². The van der Waals surface area contributed by atoms with Crippen molar-refractivity contribution >= 4 is 16.5 Å². The molecule has 116 valence electrons. The minimum atomic E-state index is -0.154. The predicted octanol–water partition coefficient (Wildman–Crippen LogP) is 3.34. The van der Waals surface area contributed by atoms with Gasteiger partial charge < -0.3 is 9.64 Å². The maximum absolute atomic E-state index is 6.27. The average molecular weight is 315 g/mol. The van der Waals surface area contributed by atoms with Crippen molar-refractivity contribution in [2.24, 2.45) is 0 Å². The number of aryl methyl sites for hydroxylation is 1.